The summed E-state index contributed by atoms with van der Waals surface area (Å²) in [6.07, 6.45) is -9.99. The number of hydrogen-bond acceptors (Lipinski definition) is 7. The normalized spacial score (nSPS) is 17.1. The number of anilines is 2. The summed E-state index contributed by atoms with van der Waals surface area (Å²) < 4.78 is 87.9. The molecule has 15 heteroatoms. The molecule has 0 unspecified atom stereocenters. The number of benzene rings is 2. The average Bonchev–Trinajstić information content (AvgIpc) is 3.41. The number of carbonyl (C=O) groups excluding carboxylic acids is 1. The predicted molar refractivity (Wildman–Crippen MR) is 149 cm³/mol. The van der Waals surface area contributed by atoms with E-state index in [2.05, 4.69) is 15.4 Å². The van der Waals surface area contributed by atoms with Crippen LogP contribution in [0.25, 0.3) is 0 Å². The van der Waals surface area contributed by atoms with E-state index in [1.165, 1.54) is 9.70 Å². The second kappa shape index (κ2) is 13.0. The molecule has 1 aromatic heterocycles. The molecule has 0 fully saturated rings. The van der Waals surface area contributed by atoms with Crippen molar-refractivity contribution in [3.63, 3.8) is 0 Å². The van der Waals surface area contributed by atoms with E-state index in [0.29, 0.717) is 36.2 Å². The summed E-state index contributed by atoms with van der Waals surface area (Å²) in [6, 6.07) is 5.72. The predicted octanol–water partition coefficient (Wildman–Crippen LogP) is 6.68. The fourth-order valence-electron chi connectivity index (χ4n) is 5.28. The number of tetrazole rings is 1. The van der Waals surface area contributed by atoms with E-state index in [9.17, 15) is 36.2 Å². The van der Waals surface area contributed by atoms with Gasteiger partial charge in [-0.1, -0.05) is 29.7 Å². The van der Waals surface area contributed by atoms with Crippen molar-refractivity contribution in [2.75, 3.05) is 16.4 Å². The molecule has 1 aliphatic rings. The van der Waals surface area contributed by atoms with Gasteiger partial charge in [0.25, 0.3) is 5.95 Å². The van der Waals surface area contributed by atoms with Crippen molar-refractivity contribution in [2.45, 2.75) is 90.6 Å². The minimum absolute atomic E-state index is 0.0283. The largest absolute Gasteiger partial charge is 0.446 e. The molecule has 1 amide bonds. The number of alkyl halides is 6. The smallest absolute Gasteiger partial charge is 0.416 e. The number of halogens is 6. The summed E-state index contributed by atoms with van der Waals surface area (Å²) >= 11 is 0. The number of amides is 1. The molecule has 0 saturated heterocycles. The Bertz CT molecular complexity index is 1430. The maximum atomic E-state index is 13.7. The van der Waals surface area contributed by atoms with Crippen LogP contribution in [0.15, 0.2) is 36.4 Å². The molecule has 1 N–H and O–H groups in total. The highest BCUT2D eigenvalue weighted by molar-refractivity contribution is 5.90. The van der Waals surface area contributed by atoms with Crippen LogP contribution >= 0.6 is 0 Å². The van der Waals surface area contributed by atoms with Crippen LogP contribution < -0.4 is 9.80 Å². The van der Waals surface area contributed by atoms with Crippen molar-refractivity contribution in [1.82, 2.24) is 20.2 Å². The number of nitrogens with zero attached hydrogens (tertiary/aromatic N) is 6. The van der Waals surface area contributed by atoms with E-state index in [1.54, 1.807) is 30.9 Å². The Morgan fingerprint density at radius 2 is 1.75 bits per heavy atom. The SMILES string of the molecule is CC[C@@H]1C[C@H](N(Cc2cc(C(F)(F)F)cc(C(F)(F)F)c2)c2nnn(CCCO)n2)c2cc(C)ccc2N1C(=O)OC(C)C. The van der Waals surface area contributed by atoms with Gasteiger partial charge in [0, 0.05) is 19.2 Å². The number of hydrogen-bond donors (Lipinski definition) is 1. The molecule has 0 radical (unpaired) electrons. The Morgan fingerprint density at radius 3 is 2.32 bits per heavy atom. The summed E-state index contributed by atoms with van der Waals surface area (Å²) in [5.41, 5.74) is -1.21. The van der Waals surface area contributed by atoms with Gasteiger partial charge in [0.1, 0.15) is 0 Å². The number of ether oxygens (including phenoxy) is 1. The van der Waals surface area contributed by atoms with Crippen molar-refractivity contribution in [2.24, 2.45) is 0 Å². The number of rotatable bonds is 9. The first-order chi connectivity index (χ1) is 20.6. The molecule has 2 atom stereocenters. The van der Waals surface area contributed by atoms with Crippen LogP contribution in [-0.2, 0) is 30.2 Å². The van der Waals surface area contributed by atoms with E-state index in [-0.39, 0.29) is 37.2 Å². The fourth-order valence-corrected chi connectivity index (χ4v) is 5.28. The number of fused-ring (bicyclic) bond motifs is 1. The standard InChI is InChI=1S/C29H34F6N6O3/c1-5-22-15-25(23-11-18(4)7-8-24(23)41(22)27(43)44-17(2)3)39(26-36-38-40(37-26)9-6-10-42)16-19-12-20(28(30,31)32)14-21(13-19)29(33,34)35/h7-8,11-14,17,22,25,42H,5-6,9-10,15-16H2,1-4H3/t22-,25+/m1/s1. The Hall–Kier alpha value is -3.88. The van der Waals surface area contributed by atoms with Crippen LogP contribution in [0.5, 0.6) is 0 Å². The van der Waals surface area contributed by atoms with E-state index < -0.39 is 54.3 Å². The number of aliphatic hydroxyl groups excluding tert-OH is 1. The van der Waals surface area contributed by atoms with Crippen molar-refractivity contribution < 1.29 is 41.0 Å². The van der Waals surface area contributed by atoms with Gasteiger partial charge in [0.2, 0.25) is 0 Å². The zero-order valence-corrected chi connectivity index (χ0v) is 24.7. The van der Waals surface area contributed by atoms with E-state index in [0.717, 1.165) is 5.56 Å². The topological polar surface area (TPSA) is 96.6 Å². The fraction of sp³-hybridized carbons (Fsp3) is 0.517. The summed E-state index contributed by atoms with van der Waals surface area (Å²) in [4.78, 5) is 17.5. The monoisotopic (exact) mass is 628 g/mol. The van der Waals surface area contributed by atoms with Crippen LogP contribution in [0.4, 0.5) is 42.8 Å². The molecule has 2 aromatic carbocycles. The number of aryl methyl sites for hydroxylation is 2. The van der Waals surface area contributed by atoms with E-state index in [1.807, 2.05) is 19.9 Å². The number of carbonyl (C=O) groups is 1. The first kappa shape index (κ1) is 33.0. The molecule has 0 bridgehead atoms. The first-order valence-electron chi connectivity index (χ1n) is 14.2. The summed E-state index contributed by atoms with van der Waals surface area (Å²) in [7, 11) is 0. The molecule has 44 heavy (non-hydrogen) atoms. The summed E-state index contributed by atoms with van der Waals surface area (Å²) in [5.74, 6) is -0.0283. The quantitative estimate of drug-likeness (QED) is 0.264. The lowest BCUT2D eigenvalue weighted by atomic mass is 9.87. The average molecular weight is 629 g/mol. The lowest BCUT2D eigenvalue weighted by Crippen LogP contribution is -2.48. The highest BCUT2D eigenvalue weighted by Crippen LogP contribution is 2.44. The van der Waals surface area contributed by atoms with Crippen molar-refractivity contribution >= 4 is 17.7 Å². The molecule has 0 spiro atoms. The van der Waals surface area contributed by atoms with Crippen LogP contribution in [0, 0.1) is 6.92 Å². The maximum Gasteiger partial charge on any atom is 0.416 e. The molecular formula is C29H34F6N6O3. The summed E-state index contributed by atoms with van der Waals surface area (Å²) in [5, 5.41) is 21.7. The molecule has 9 nitrogen and oxygen atoms in total. The molecular weight excluding hydrogens is 594 g/mol. The Morgan fingerprint density at radius 1 is 1.09 bits per heavy atom. The highest BCUT2D eigenvalue weighted by atomic mass is 19.4. The van der Waals surface area contributed by atoms with Crippen molar-refractivity contribution in [1.29, 1.82) is 0 Å². The second-order valence-corrected chi connectivity index (χ2v) is 11.0. The molecule has 0 aliphatic carbocycles. The van der Waals surface area contributed by atoms with Crippen LogP contribution in [0.2, 0.25) is 0 Å². The van der Waals surface area contributed by atoms with Gasteiger partial charge < -0.3 is 14.7 Å². The van der Waals surface area contributed by atoms with E-state index in [4.69, 9.17) is 4.74 Å². The maximum absolute atomic E-state index is 13.7. The molecule has 1 aliphatic heterocycles. The molecule has 240 valence electrons. The minimum atomic E-state index is -5.02. The van der Waals surface area contributed by atoms with Crippen LogP contribution in [0.1, 0.15) is 73.9 Å². The van der Waals surface area contributed by atoms with E-state index >= 15 is 0 Å². The third-order valence-corrected chi connectivity index (χ3v) is 7.26. The third-order valence-electron chi connectivity index (χ3n) is 7.26. The number of aliphatic hydroxyl groups is 1. The molecule has 3 aromatic rings. The van der Waals surface area contributed by atoms with Gasteiger partial charge in [-0.15, -0.1) is 5.10 Å². The lowest BCUT2D eigenvalue weighted by Gasteiger charge is -2.44. The zero-order valence-electron chi connectivity index (χ0n) is 24.7. The van der Waals surface area contributed by atoms with Gasteiger partial charge in [-0.05, 0) is 80.6 Å². The van der Waals surface area contributed by atoms with Gasteiger partial charge in [0.05, 0.1) is 35.5 Å². The van der Waals surface area contributed by atoms with Gasteiger partial charge >= 0.3 is 18.4 Å². The molecule has 0 saturated carbocycles. The number of aromatic nitrogens is 4. The zero-order chi connectivity index (χ0) is 32.4. The Kier molecular flexibility index (Phi) is 9.76. The molecule has 2 heterocycles. The minimum Gasteiger partial charge on any atom is -0.446 e. The van der Waals surface area contributed by atoms with Crippen molar-refractivity contribution in [3.8, 4) is 0 Å². The van der Waals surface area contributed by atoms with Gasteiger partial charge in [-0.3, -0.25) is 4.90 Å². The lowest BCUT2D eigenvalue weighted by molar-refractivity contribution is -0.143. The van der Waals surface area contributed by atoms with Gasteiger partial charge in [-0.2, -0.15) is 31.1 Å². The van der Waals surface area contributed by atoms with Crippen molar-refractivity contribution in [3.05, 3.63) is 64.2 Å². The van der Waals surface area contributed by atoms with Crippen LogP contribution in [0.3, 0.4) is 0 Å². The second-order valence-electron chi connectivity index (χ2n) is 11.0. The third kappa shape index (κ3) is 7.42. The Balaban J connectivity index is 1.88. The van der Waals surface area contributed by atoms with Gasteiger partial charge in [0.15, 0.2) is 0 Å². The van der Waals surface area contributed by atoms with Gasteiger partial charge in [-0.25, -0.2) is 4.79 Å². The highest BCUT2D eigenvalue weighted by Gasteiger charge is 2.41. The first-order valence-corrected chi connectivity index (χ1v) is 14.2. The van der Waals surface area contributed by atoms with Crippen LogP contribution in [-0.4, -0.2) is 50.2 Å². The Labute approximate surface area is 250 Å². The summed E-state index contributed by atoms with van der Waals surface area (Å²) in [6.45, 7) is 6.75. The molecule has 4 rings (SSSR count).